The van der Waals surface area contributed by atoms with E-state index < -0.39 is 21.7 Å². The molecule has 0 bridgehead atoms. The number of nitrogens with one attached hydrogen (secondary N) is 1. The van der Waals surface area contributed by atoms with Gasteiger partial charge in [0.2, 0.25) is 10.0 Å². The monoisotopic (exact) mass is 225 g/mol. The standard InChI is InChI=1S/C7H15NO5S/c1-6(12-2)4-8-14(10,11)5-7(9)13-3/h6,8H,4-5H2,1-3H3. The van der Waals surface area contributed by atoms with Gasteiger partial charge in [0, 0.05) is 13.7 Å². The number of carbonyl (C=O) groups excluding carboxylic acids is 1. The summed E-state index contributed by atoms with van der Waals surface area (Å²) >= 11 is 0. The van der Waals surface area contributed by atoms with Crippen molar-refractivity contribution in [1.29, 1.82) is 0 Å². The van der Waals surface area contributed by atoms with Crippen molar-refractivity contribution in [3.8, 4) is 0 Å². The average molecular weight is 225 g/mol. The molecular formula is C7H15NO5S. The Morgan fingerprint density at radius 3 is 2.43 bits per heavy atom. The molecule has 1 N–H and O–H groups in total. The van der Waals surface area contributed by atoms with Crippen LogP contribution in [0.2, 0.25) is 0 Å². The lowest BCUT2D eigenvalue weighted by Crippen LogP contribution is -2.35. The zero-order valence-corrected chi connectivity index (χ0v) is 9.26. The van der Waals surface area contributed by atoms with Crippen molar-refractivity contribution >= 4 is 16.0 Å². The molecule has 14 heavy (non-hydrogen) atoms. The topological polar surface area (TPSA) is 81.7 Å². The summed E-state index contributed by atoms with van der Waals surface area (Å²) < 4.78 is 33.6. The van der Waals surface area contributed by atoms with Gasteiger partial charge in [-0.3, -0.25) is 4.79 Å². The van der Waals surface area contributed by atoms with E-state index in [9.17, 15) is 13.2 Å². The van der Waals surface area contributed by atoms with Crippen LogP contribution >= 0.6 is 0 Å². The minimum Gasteiger partial charge on any atom is -0.468 e. The van der Waals surface area contributed by atoms with E-state index in [2.05, 4.69) is 9.46 Å². The SMILES string of the molecule is COC(=O)CS(=O)(=O)NCC(C)OC. The summed E-state index contributed by atoms with van der Waals surface area (Å²) in [5.74, 6) is -1.46. The van der Waals surface area contributed by atoms with E-state index in [1.807, 2.05) is 0 Å². The molecule has 0 amide bonds. The van der Waals surface area contributed by atoms with Crippen LogP contribution in [0.1, 0.15) is 6.92 Å². The van der Waals surface area contributed by atoms with Crippen LogP contribution in [0, 0.1) is 0 Å². The maximum atomic E-state index is 11.2. The lowest BCUT2D eigenvalue weighted by atomic mass is 10.4. The Balaban J connectivity index is 4.03. The molecule has 0 aliphatic carbocycles. The van der Waals surface area contributed by atoms with Crippen LogP contribution in [0.3, 0.4) is 0 Å². The second kappa shape index (κ2) is 5.94. The fourth-order valence-corrected chi connectivity index (χ4v) is 1.61. The van der Waals surface area contributed by atoms with Crippen LogP contribution in [0.4, 0.5) is 0 Å². The minimum absolute atomic E-state index is 0.135. The van der Waals surface area contributed by atoms with E-state index in [1.54, 1.807) is 6.92 Å². The van der Waals surface area contributed by atoms with Crippen molar-refractivity contribution < 1.29 is 22.7 Å². The summed E-state index contributed by atoms with van der Waals surface area (Å²) in [6.45, 7) is 1.84. The first-order chi connectivity index (χ1) is 6.41. The molecule has 0 aromatic carbocycles. The molecule has 1 unspecified atom stereocenters. The fraction of sp³-hybridized carbons (Fsp3) is 0.857. The zero-order chi connectivity index (χ0) is 11.2. The molecule has 0 fully saturated rings. The molecule has 0 aromatic rings. The molecule has 6 nitrogen and oxygen atoms in total. The van der Waals surface area contributed by atoms with E-state index in [1.165, 1.54) is 7.11 Å². The molecule has 0 heterocycles. The Hall–Kier alpha value is -0.660. The number of hydrogen-bond acceptors (Lipinski definition) is 5. The van der Waals surface area contributed by atoms with Gasteiger partial charge >= 0.3 is 5.97 Å². The van der Waals surface area contributed by atoms with Crippen LogP contribution in [-0.2, 0) is 24.3 Å². The van der Waals surface area contributed by atoms with E-state index in [0.717, 1.165) is 7.11 Å². The summed E-state index contributed by atoms with van der Waals surface area (Å²) in [4.78, 5) is 10.7. The Morgan fingerprint density at radius 2 is 2.00 bits per heavy atom. The third-order valence-electron chi connectivity index (χ3n) is 1.53. The Kier molecular flexibility index (Phi) is 5.66. The molecule has 1 atom stereocenters. The molecular weight excluding hydrogens is 210 g/mol. The van der Waals surface area contributed by atoms with Crippen LogP contribution in [0.5, 0.6) is 0 Å². The summed E-state index contributed by atoms with van der Waals surface area (Å²) in [5.41, 5.74) is 0. The number of ether oxygens (including phenoxy) is 2. The highest BCUT2D eigenvalue weighted by molar-refractivity contribution is 7.90. The van der Waals surface area contributed by atoms with Gasteiger partial charge in [0.05, 0.1) is 13.2 Å². The van der Waals surface area contributed by atoms with Crippen molar-refractivity contribution in [3.63, 3.8) is 0 Å². The molecule has 7 heteroatoms. The summed E-state index contributed by atoms with van der Waals surface area (Å²) in [7, 11) is -0.997. The van der Waals surface area contributed by atoms with E-state index in [0.29, 0.717) is 0 Å². The van der Waals surface area contributed by atoms with Crippen molar-refractivity contribution in [2.75, 3.05) is 26.5 Å². The predicted octanol–water partition coefficient (Wildman–Crippen LogP) is -0.886. The summed E-state index contributed by atoms with van der Waals surface area (Å²) in [6.07, 6.45) is -0.234. The molecule has 0 aliphatic heterocycles. The van der Waals surface area contributed by atoms with Crippen molar-refractivity contribution in [2.24, 2.45) is 0 Å². The summed E-state index contributed by atoms with van der Waals surface area (Å²) in [5, 5.41) is 0. The van der Waals surface area contributed by atoms with Crippen molar-refractivity contribution in [3.05, 3.63) is 0 Å². The Morgan fingerprint density at radius 1 is 1.43 bits per heavy atom. The molecule has 0 spiro atoms. The molecule has 84 valence electrons. The van der Waals surface area contributed by atoms with E-state index in [-0.39, 0.29) is 12.6 Å². The quantitative estimate of drug-likeness (QED) is 0.593. The first kappa shape index (κ1) is 13.3. The highest BCUT2D eigenvalue weighted by atomic mass is 32.2. The van der Waals surface area contributed by atoms with Gasteiger partial charge in [0.25, 0.3) is 0 Å². The lowest BCUT2D eigenvalue weighted by Gasteiger charge is -2.10. The maximum absolute atomic E-state index is 11.2. The average Bonchev–Trinajstić information content (AvgIpc) is 2.13. The number of sulfonamides is 1. The molecule has 0 rings (SSSR count). The molecule has 0 radical (unpaired) electrons. The highest BCUT2D eigenvalue weighted by Crippen LogP contribution is 1.90. The van der Waals surface area contributed by atoms with Gasteiger partial charge in [-0.1, -0.05) is 0 Å². The van der Waals surface area contributed by atoms with Gasteiger partial charge in [-0.2, -0.15) is 0 Å². The molecule has 0 saturated heterocycles. The Bertz CT molecular complexity index is 274. The van der Waals surface area contributed by atoms with E-state index >= 15 is 0 Å². The van der Waals surface area contributed by atoms with Gasteiger partial charge in [-0.25, -0.2) is 13.1 Å². The predicted molar refractivity (Wildman–Crippen MR) is 50.3 cm³/mol. The van der Waals surface area contributed by atoms with Crippen molar-refractivity contribution in [1.82, 2.24) is 4.72 Å². The first-order valence-corrected chi connectivity index (χ1v) is 5.63. The molecule has 0 aliphatic rings. The fourth-order valence-electron chi connectivity index (χ4n) is 0.593. The van der Waals surface area contributed by atoms with Gasteiger partial charge < -0.3 is 9.47 Å². The molecule has 0 saturated carbocycles. The largest absolute Gasteiger partial charge is 0.468 e. The van der Waals surface area contributed by atoms with Crippen molar-refractivity contribution in [2.45, 2.75) is 13.0 Å². The normalized spacial score (nSPS) is 13.6. The maximum Gasteiger partial charge on any atom is 0.322 e. The summed E-state index contributed by atoms with van der Waals surface area (Å²) in [6, 6.07) is 0. The highest BCUT2D eigenvalue weighted by Gasteiger charge is 2.17. The lowest BCUT2D eigenvalue weighted by molar-refractivity contribution is -0.137. The smallest absolute Gasteiger partial charge is 0.322 e. The van der Waals surface area contributed by atoms with Crippen LogP contribution < -0.4 is 4.72 Å². The first-order valence-electron chi connectivity index (χ1n) is 3.98. The van der Waals surface area contributed by atoms with Crippen LogP contribution in [0.25, 0.3) is 0 Å². The Labute approximate surface area is 83.6 Å². The van der Waals surface area contributed by atoms with Gasteiger partial charge in [-0.05, 0) is 6.92 Å². The van der Waals surface area contributed by atoms with Crippen LogP contribution in [0.15, 0.2) is 0 Å². The van der Waals surface area contributed by atoms with Gasteiger partial charge in [-0.15, -0.1) is 0 Å². The van der Waals surface area contributed by atoms with Gasteiger partial charge in [0.1, 0.15) is 0 Å². The third-order valence-corrected chi connectivity index (χ3v) is 2.75. The van der Waals surface area contributed by atoms with Gasteiger partial charge in [0.15, 0.2) is 5.75 Å². The third kappa shape index (κ3) is 5.90. The number of carbonyl (C=O) groups is 1. The zero-order valence-electron chi connectivity index (χ0n) is 8.44. The van der Waals surface area contributed by atoms with Crippen LogP contribution in [-0.4, -0.2) is 47.0 Å². The second-order valence-electron chi connectivity index (χ2n) is 2.73. The number of rotatable bonds is 6. The second-order valence-corrected chi connectivity index (χ2v) is 4.54. The van der Waals surface area contributed by atoms with E-state index in [4.69, 9.17) is 4.74 Å². The molecule has 0 aromatic heterocycles. The number of esters is 1. The number of hydrogen-bond donors (Lipinski definition) is 1. The number of methoxy groups -OCH3 is 2. The minimum atomic E-state index is -3.60.